The van der Waals surface area contributed by atoms with Gasteiger partial charge in [0, 0.05) is 36.5 Å². The summed E-state index contributed by atoms with van der Waals surface area (Å²) in [5.74, 6) is 0.606. The fourth-order valence-electron chi connectivity index (χ4n) is 3.42. The fourth-order valence-corrected chi connectivity index (χ4v) is 4.27. The number of carbonyl (C=O) groups excluding carboxylic acids is 1. The fraction of sp³-hybridized carbons (Fsp3) is 0.381. The Kier molecular flexibility index (Phi) is 7.46. The lowest BCUT2D eigenvalue weighted by molar-refractivity contribution is -0.384. The molecule has 0 unspecified atom stereocenters. The Morgan fingerprint density at radius 2 is 1.86 bits per heavy atom. The second kappa shape index (κ2) is 10.2. The number of thioether (sulfide) groups is 1. The number of nitro benzene ring substituents is 1. The summed E-state index contributed by atoms with van der Waals surface area (Å²) in [6.45, 7) is 1.87. The smallest absolute Gasteiger partial charge is 0.292 e. The molecule has 1 aliphatic rings. The number of benzene rings is 2. The zero-order chi connectivity index (χ0) is 20.6. The van der Waals surface area contributed by atoms with Gasteiger partial charge in [0.2, 0.25) is 5.91 Å². The zero-order valence-corrected chi connectivity index (χ0v) is 16.9. The van der Waals surface area contributed by atoms with Crippen LogP contribution in [0.25, 0.3) is 0 Å². The predicted octanol–water partition coefficient (Wildman–Crippen LogP) is 4.25. The van der Waals surface area contributed by atoms with Gasteiger partial charge in [0.25, 0.3) is 5.69 Å². The Labute approximate surface area is 173 Å². The van der Waals surface area contributed by atoms with Gasteiger partial charge in [-0.15, -0.1) is 11.8 Å². The van der Waals surface area contributed by atoms with Crippen molar-refractivity contribution in [3.05, 3.63) is 64.5 Å². The first-order chi connectivity index (χ1) is 14.0. The molecule has 0 aliphatic carbocycles. The van der Waals surface area contributed by atoms with Crippen LogP contribution in [-0.4, -0.2) is 36.2 Å². The zero-order valence-electron chi connectivity index (χ0n) is 16.1. The van der Waals surface area contributed by atoms with Crippen molar-refractivity contribution in [3.8, 4) is 0 Å². The van der Waals surface area contributed by atoms with Crippen LogP contribution in [0.2, 0.25) is 0 Å². The van der Waals surface area contributed by atoms with Gasteiger partial charge in [-0.1, -0.05) is 12.1 Å². The largest absolute Gasteiger partial charge is 0.366 e. The Balaban J connectivity index is 1.38. The molecule has 0 spiro atoms. The van der Waals surface area contributed by atoms with Gasteiger partial charge in [0.1, 0.15) is 11.5 Å². The molecule has 1 heterocycles. The molecule has 1 saturated heterocycles. The molecule has 0 atom stereocenters. The monoisotopic (exact) mass is 417 g/mol. The minimum Gasteiger partial charge on any atom is -0.366 e. The van der Waals surface area contributed by atoms with Crippen LogP contribution in [0, 0.1) is 21.8 Å². The van der Waals surface area contributed by atoms with Crippen LogP contribution in [0.3, 0.4) is 0 Å². The summed E-state index contributed by atoms with van der Waals surface area (Å²) in [6, 6.07) is 13.1. The van der Waals surface area contributed by atoms with Crippen LogP contribution in [0.1, 0.15) is 19.3 Å². The van der Waals surface area contributed by atoms with E-state index >= 15 is 0 Å². The number of nitrogens with one attached hydrogen (secondary N) is 1. The van der Waals surface area contributed by atoms with Crippen molar-refractivity contribution < 1.29 is 14.1 Å². The summed E-state index contributed by atoms with van der Waals surface area (Å²) in [6.07, 6.45) is 2.20. The molecule has 0 aromatic heterocycles. The van der Waals surface area contributed by atoms with Gasteiger partial charge in [0.05, 0.1) is 4.92 Å². The van der Waals surface area contributed by atoms with Crippen molar-refractivity contribution in [2.45, 2.75) is 24.2 Å². The number of amides is 1. The molecular formula is C21H24FN3O3S. The third-order valence-electron chi connectivity index (χ3n) is 4.99. The van der Waals surface area contributed by atoms with E-state index in [4.69, 9.17) is 0 Å². The molecule has 1 fully saturated rings. The van der Waals surface area contributed by atoms with Crippen molar-refractivity contribution in [2.24, 2.45) is 5.92 Å². The van der Waals surface area contributed by atoms with Crippen LogP contribution in [0.5, 0.6) is 0 Å². The van der Waals surface area contributed by atoms with E-state index in [1.807, 2.05) is 4.90 Å². The number of nitrogens with zero attached hydrogens (tertiary/aromatic N) is 2. The third-order valence-corrected chi connectivity index (χ3v) is 6.09. The number of rotatable bonds is 8. The average Bonchev–Trinajstić information content (AvgIpc) is 2.74. The normalized spacial score (nSPS) is 14.6. The molecule has 2 aromatic rings. The number of hydrogen-bond acceptors (Lipinski definition) is 5. The third kappa shape index (κ3) is 5.93. The highest BCUT2D eigenvalue weighted by Gasteiger charge is 2.27. The maximum absolute atomic E-state index is 12.9. The van der Waals surface area contributed by atoms with Gasteiger partial charge in [-0.05, 0) is 55.3 Å². The van der Waals surface area contributed by atoms with Crippen molar-refractivity contribution in [2.75, 3.05) is 30.3 Å². The van der Waals surface area contributed by atoms with Gasteiger partial charge in [-0.3, -0.25) is 14.9 Å². The van der Waals surface area contributed by atoms with Crippen molar-refractivity contribution in [1.29, 1.82) is 0 Å². The number of para-hydroxylation sites is 2. The molecule has 1 N–H and O–H groups in total. The highest BCUT2D eigenvalue weighted by molar-refractivity contribution is 7.99. The van der Waals surface area contributed by atoms with Crippen LogP contribution in [0.15, 0.2) is 53.4 Å². The minimum atomic E-state index is -0.363. The Morgan fingerprint density at radius 3 is 2.55 bits per heavy atom. The summed E-state index contributed by atoms with van der Waals surface area (Å²) >= 11 is 1.64. The number of anilines is 1. The van der Waals surface area contributed by atoms with Gasteiger partial charge >= 0.3 is 0 Å². The number of hydrogen-bond donors (Lipinski definition) is 1. The molecule has 0 bridgehead atoms. The topological polar surface area (TPSA) is 75.5 Å². The van der Waals surface area contributed by atoms with Gasteiger partial charge in [-0.25, -0.2) is 4.39 Å². The van der Waals surface area contributed by atoms with Crippen LogP contribution in [-0.2, 0) is 4.79 Å². The molecular weight excluding hydrogens is 393 g/mol. The predicted molar refractivity (Wildman–Crippen MR) is 113 cm³/mol. The molecule has 1 aliphatic heterocycles. The van der Waals surface area contributed by atoms with Crippen LogP contribution >= 0.6 is 11.8 Å². The molecule has 29 heavy (non-hydrogen) atoms. The van der Waals surface area contributed by atoms with Crippen LogP contribution < -0.4 is 10.2 Å². The lowest BCUT2D eigenvalue weighted by Gasteiger charge is -2.32. The Bertz CT molecular complexity index is 839. The molecule has 3 rings (SSSR count). The molecule has 1 amide bonds. The summed E-state index contributed by atoms with van der Waals surface area (Å²) in [5.41, 5.74) is 0.725. The lowest BCUT2D eigenvalue weighted by Crippen LogP contribution is -2.41. The van der Waals surface area contributed by atoms with E-state index in [-0.39, 0.29) is 28.3 Å². The van der Waals surface area contributed by atoms with E-state index in [1.165, 1.54) is 18.2 Å². The minimum absolute atomic E-state index is 0.0546. The number of piperidine rings is 1. The van der Waals surface area contributed by atoms with E-state index in [1.54, 1.807) is 42.1 Å². The number of carbonyl (C=O) groups is 1. The second-order valence-corrected chi connectivity index (χ2v) is 8.12. The maximum Gasteiger partial charge on any atom is 0.292 e. The summed E-state index contributed by atoms with van der Waals surface area (Å²) in [7, 11) is 0. The van der Waals surface area contributed by atoms with Crippen molar-refractivity contribution in [1.82, 2.24) is 5.32 Å². The van der Waals surface area contributed by atoms with Crippen molar-refractivity contribution >= 4 is 29.0 Å². The number of nitro groups is 1. The van der Waals surface area contributed by atoms with Crippen molar-refractivity contribution in [3.63, 3.8) is 0 Å². The highest BCUT2D eigenvalue weighted by Crippen LogP contribution is 2.31. The average molecular weight is 418 g/mol. The first kappa shape index (κ1) is 21.1. The maximum atomic E-state index is 12.9. The van der Waals surface area contributed by atoms with E-state index in [0.717, 1.165) is 17.1 Å². The second-order valence-electron chi connectivity index (χ2n) is 6.95. The Hall–Kier alpha value is -2.61. The van der Waals surface area contributed by atoms with Gasteiger partial charge < -0.3 is 10.2 Å². The SMILES string of the molecule is O=C(NCCCSc1ccc(F)cc1)C1CCN(c2ccccc2[N+](=O)[O-])CC1. The van der Waals surface area contributed by atoms with Crippen LogP contribution in [0.4, 0.5) is 15.8 Å². The van der Waals surface area contributed by atoms with E-state index in [9.17, 15) is 19.3 Å². The summed E-state index contributed by atoms with van der Waals surface area (Å²) in [4.78, 5) is 26.2. The van der Waals surface area contributed by atoms with Gasteiger partial charge in [-0.2, -0.15) is 0 Å². The van der Waals surface area contributed by atoms with E-state index < -0.39 is 0 Å². The molecule has 2 aromatic carbocycles. The molecule has 0 radical (unpaired) electrons. The number of halogens is 1. The highest BCUT2D eigenvalue weighted by atomic mass is 32.2. The summed E-state index contributed by atoms with van der Waals surface area (Å²) in [5, 5.41) is 14.2. The standard InChI is InChI=1S/C21H24FN3O3S/c22-17-6-8-18(9-7-17)29-15-3-12-23-21(26)16-10-13-24(14-11-16)19-4-1-2-5-20(19)25(27)28/h1-2,4-9,16H,3,10-15H2,(H,23,26). The summed E-state index contributed by atoms with van der Waals surface area (Å²) < 4.78 is 12.9. The quantitative estimate of drug-likeness (QED) is 0.301. The van der Waals surface area contributed by atoms with Gasteiger partial charge in [0.15, 0.2) is 0 Å². The van der Waals surface area contributed by atoms with E-state index in [2.05, 4.69) is 5.32 Å². The Morgan fingerprint density at radius 1 is 1.17 bits per heavy atom. The molecule has 154 valence electrons. The van der Waals surface area contributed by atoms with E-state index in [0.29, 0.717) is 38.2 Å². The molecule has 8 heteroatoms. The first-order valence-corrected chi connectivity index (χ1v) is 10.7. The lowest BCUT2D eigenvalue weighted by atomic mass is 9.95. The molecule has 0 saturated carbocycles. The molecule has 6 nitrogen and oxygen atoms in total. The first-order valence-electron chi connectivity index (χ1n) is 9.69.